The Morgan fingerprint density at radius 3 is 2.53 bits per heavy atom. The van der Waals surface area contributed by atoms with Crippen LogP contribution >= 0.6 is 0 Å². The van der Waals surface area contributed by atoms with Gasteiger partial charge in [-0.25, -0.2) is 0 Å². The summed E-state index contributed by atoms with van der Waals surface area (Å²) in [6.07, 6.45) is 2.24. The predicted octanol–water partition coefficient (Wildman–Crippen LogP) is 1.69. The van der Waals surface area contributed by atoms with E-state index in [0.717, 1.165) is 24.3 Å². The highest BCUT2D eigenvalue weighted by atomic mass is 16.5. The maximum atomic E-state index is 5.74. The van der Waals surface area contributed by atoms with E-state index in [9.17, 15) is 0 Å². The minimum absolute atomic E-state index is 0.486. The van der Waals surface area contributed by atoms with Gasteiger partial charge in [-0.3, -0.25) is 0 Å². The van der Waals surface area contributed by atoms with Crippen LogP contribution in [0.5, 0.6) is 11.5 Å². The van der Waals surface area contributed by atoms with Gasteiger partial charge in [-0.15, -0.1) is 0 Å². The number of hydrogen-bond donors (Lipinski definition) is 1. The standard InChI is InChI=1S/C12H17NO2/c1-14-11-5-8-3-4-9(7-13)10(8)6-12(11)15-2/h5-6,9H,3-4,7,13H2,1-2H3/t9-/m0/s1. The maximum absolute atomic E-state index is 5.74. The molecule has 3 nitrogen and oxygen atoms in total. The summed E-state index contributed by atoms with van der Waals surface area (Å²) < 4.78 is 10.6. The molecule has 0 fully saturated rings. The fourth-order valence-corrected chi connectivity index (χ4v) is 2.26. The number of rotatable bonds is 3. The minimum Gasteiger partial charge on any atom is -0.493 e. The van der Waals surface area contributed by atoms with Gasteiger partial charge in [0.25, 0.3) is 0 Å². The summed E-state index contributed by atoms with van der Waals surface area (Å²) in [4.78, 5) is 0. The molecule has 0 bridgehead atoms. The van der Waals surface area contributed by atoms with Gasteiger partial charge in [-0.05, 0) is 48.6 Å². The first-order chi connectivity index (χ1) is 7.30. The van der Waals surface area contributed by atoms with Gasteiger partial charge in [0.05, 0.1) is 14.2 Å². The molecule has 2 rings (SSSR count). The van der Waals surface area contributed by atoms with Crippen molar-refractivity contribution in [3.05, 3.63) is 23.3 Å². The quantitative estimate of drug-likeness (QED) is 0.820. The third kappa shape index (κ3) is 1.67. The number of ether oxygens (including phenoxy) is 2. The normalized spacial score (nSPS) is 18.7. The van der Waals surface area contributed by atoms with Crippen molar-refractivity contribution < 1.29 is 9.47 Å². The Bertz CT molecular complexity index is 363. The molecule has 82 valence electrons. The van der Waals surface area contributed by atoms with E-state index in [2.05, 4.69) is 12.1 Å². The van der Waals surface area contributed by atoms with Gasteiger partial charge in [-0.1, -0.05) is 0 Å². The molecule has 0 saturated carbocycles. The van der Waals surface area contributed by atoms with Crippen molar-refractivity contribution >= 4 is 0 Å². The molecule has 1 aromatic rings. The van der Waals surface area contributed by atoms with Crippen LogP contribution in [0.15, 0.2) is 12.1 Å². The molecule has 0 amide bonds. The highest BCUT2D eigenvalue weighted by Crippen LogP contribution is 2.39. The van der Waals surface area contributed by atoms with Crippen LogP contribution in [0.1, 0.15) is 23.5 Å². The second kappa shape index (κ2) is 4.11. The van der Waals surface area contributed by atoms with E-state index in [1.807, 2.05) is 0 Å². The second-order valence-corrected chi connectivity index (χ2v) is 3.88. The van der Waals surface area contributed by atoms with Crippen molar-refractivity contribution in [3.63, 3.8) is 0 Å². The summed E-state index contributed by atoms with van der Waals surface area (Å²) >= 11 is 0. The van der Waals surface area contributed by atoms with E-state index in [-0.39, 0.29) is 0 Å². The SMILES string of the molecule is COc1cc2c(cc1OC)[C@H](CN)CC2. The number of fused-ring (bicyclic) bond motifs is 1. The summed E-state index contributed by atoms with van der Waals surface area (Å²) in [5.41, 5.74) is 8.42. The Morgan fingerprint density at radius 2 is 1.93 bits per heavy atom. The first-order valence-electron chi connectivity index (χ1n) is 5.25. The smallest absolute Gasteiger partial charge is 0.161 e. The maximum Gasteiger partial charge on any atom is 0.161 e. The molecule has 2 N–H and O–H groups in total. The average molecular weight is 207 g/mol. The van der Waals surface area contributed by atoms with Crippen molar-refractivity contribution in [1.82, 2.24) is 0 Å². The highest BCUT2D eigenvalue weighted by Gasteiger charge is 2.23. The number of nitrogens with two attached hydrogens (primary N) is 1. The molecule has 1 aromatic carbocycles. The number of methoxy groups -OCH3 is 2. The second-order valence-electron chi connectivity index (χ2n) is 3.88. The number of hydrogen-bond acceptors (Lipinski definition) is 3. The predicted molar refractivity (Wildman–Crippen MR) is 59.7 cm³/mol. The van der Waals surface area contributed by atoms with Gasteiger partial charge in [-0.2, -0.15) is 0 Å². The van der Waals surface area contributed by atoms with Crippen molar-refractivity contribution in [2.75, 3.05) is 20.8 Å². The van der Waals surface area contributed by atoms with Crippen molar-refractivity contribution in [3.8, 4) is 11.5 Å². The minimum atomic E-state index is 0.486. The molecular formula is C12H17NO2. The Labute approximate surface area is 90.2 Å². The Morgan fingerprint density at radius 1 is 1.27 bits per heavy atom. The number of aryl methyl sites for hydroxylation is 1. The van der Waals surface area contributed by atoms with Crippen LogP contribution in [-0.4, -0.2) is 20.8 Å². The molecular weight excluding hydrogens is 190 g/mol. The zero-order chi connectivity index (χ0) is 10.8. The van der Waals surface area contributed by atoms with Gasteiger partial charge >= 0.3 is 0 Å². The number of benzene rings is 1. The molecule has 1 aliphatic rings. The van der Waals surface area contributed by atoms with Crippen LogP contribution in [0.3, 0.4) is 0 Å². The van der Waals surface area contributed by atoms with Crippen LogP contribution in [-0.2, 0) is 6.42 Å². The van der Waals surface area contributed by atoms with Crippen LogP contribution in [0, 0.1) is 0 Å². The summed E-state index contributed by atoms with van der Waals surface area (Å²) in [5, 5.41) is 0. The molecule has 3 heteroatoms. The lowest BCUT2D eigenvalue weighted by atomic mass is 10.0. The van der Waals surface area contributed by atoms with E-state index >= 15 is 0 Å². The lowest BCUT2D eigenvalue weighted by Gasteiger charge is -2.13. The zero-order valence-electron chi connectivity index (χ0n) is 9.25. The average Bonchev–Trinajstić information content (AvgIpc) is 2.68. The van der Waals surface area contributed by atoms with Gasteiger partial charge in [0.15, 0.2) is 11.5 Å². The lowest BCUT2D eigenvalue weighted by molar-refractivity contribution is 0.354. The van der Waals surface area contributed by atoms with E-state index < -0.39 is 0 Å². The fraction of sp³-hybridized carbons (Fsp3) is 0.500. The third-order valence-electron chi connectivity index (χ3n) is 3.13. The topological polar surface area (TPSA) is 44.5 Å². The summed E-state index contributed by atoms with van der Waals surface area (Å²) in [5.74, 6) is 2.10. The van der Waals surface area contributed by atoms with Crippen LogP contribution in [0.4, 0.5) is 0 Å². The monoisotopic (exact) mass is 207 g/mol. The molecule has 0 saturated heterocycles. The van der Waals surface area contributed by atoms with E-state index in [0.29, 0.717) is 12.5 Å². The van der Waals surface area contributed by atoms with Gasteiger partial charge in [0.1, 0.15) is 0 Å². The molecule has 0 aliphatic heterocycles. The molecule has 0 heterocycles. The Hall–Kier alpha value is -1.22. The molecule has 0 spiro atoms. The van der Waals surface area contributed by atoms with Crippen LogP contribution < -0.4 is 15.2 Å². The highest BCUT2D eigenvalue weighted by molar-refractivity contribution is 5.50. The summed E-state index contributed by atoms with van der Waals surface area (Å²) in [7, 11) is 3.33. The van der Waals surface area contributed by atoms with Crippen molar-refractivity contribution in [1.29, 1.82) is 0 Å². The zero-order valence-corrected chi connectivity index (χ0v) is 9.25. The van der Waals surface area contributed by atoms with E-state index in [4.69, 9.17) is 15.2 Å². The first-order valence-corrected chi connectivity index (χ1v) is 5.25. The van der Waals surface area contributed by atoms with E-state index in [1.54, 1.807) is 14.2 Å². The third-order valence-corrected chi connectivity index (χ3v) is 3.13. The Balaban J connectivity index is 2.44. The van der Waals surface area contributed by atoms with Crippen molar-refractivity contribution in [2.45, 2.75) is 18.8 Å². The molecule has 15 heavy (non-hydrogen) atoms. The van der Waals surface area contributed by atoms with Crippen LogP contribution in [0.25, 0.3) is 0 Å². The molecule has 1 atom stereocenters. The summed E-state index contributed by atoms with van der Waals surface area (Å²) in [6, 6.07) is 4.14. The fourth-order valence-electron chi connectivity index (χ4n) is 2.26. The molecule has 0 radical (unpaired) electrons. The van der Waals surface area contributed by atoms with Gasteiger partial charge in [0, 0.05) is 0 Å². The first kappa shape index (κ1) is 10.3. The molecule has 0 aromatic heterocycles. The largest absolute Gasteiger partial charge is 0.493 e. The lowest BCUT2D eigenvalue weighted by Crippen LogP contribution is -2.09. The van der Waals surface area contributed by atoms with Crippen LogP contribution in [0.2, 0.25) is 0 Å². The Kier molecular flexibility index (Phi) is 2.82. The van der Waals surface area contributed by atoms with Gasteiger partial charge in [0.2, 0.25) is 0 Å². The molecule has 1 aliphatic carbocycles. The summed E-state index contributed by atoms with van der Waals surface area (Å²) in [6.45, 7) is 0.711. The van der Waals surface area contributed by atoms with Crippen molar-refractivity contribution in [2.24, 2.45) is 5.73 Å². The molecule has 0 unspecified atom stereocenters. The van der Waals surface area contributed by atoms with Gasteiger partial charge < -0.3 is 15.2 Å². The van der Waals surface area contributed by atoms with E-state index in [1.165, 1.54) is 11.1 Å².